The Kier molecular flexibility index (Phi) is 7.39. The van der Waals surface area contributed by atoms with Gasteiger partial charge in [-0.15, -0.1) is 0 Å². The van der Waals surface area contributed by atoms with Gasteiger partial charge in [0.05, 0.1) is 27.4 Å². The van der Waals surface area contributed by atoms with E-state index < -0.39 is 0 Å². The molecule has 1 amide bonds. The highest BCUT2D eigenvalue weighted by Gasteiger charge is 2.17. The monoisotopic (exact) mass is 409 g/mol. The van der Waals surface area contributed by atoms with Crippen molar-refractivity contribution in [3.63, 3.8) is 0 Å². The summed E-state index contributed by atoms with van der Waals surface area (Å²) in [6.07, 6.45) is 3.03. The van der Waals surface area contributed by atoms with Crippen LogP contribution in [0.15, 0.2) is 36.4 Å². The Hall–Kier alpha value is -2.37. The molecule has 2 aromatic carbocycles. The lowest BCUT2D eigenvalue weighted by Gasteiger charge is -2.18. The molecule has 0 spiro atoms. The lowest BCUT2D eigenvalue weighted by atomic mass is 10.1. The van der Waals surface area contributed by atoms with E-state index >= 15 is 0 Å². The second kappa shape index (κ2) is 9.53. The zero-order valence-electron chi connectivity index (χ0n) is 15.5. The van der Waals surface area contributed by atoms with Crippen molar-refractivity contribution in [1.29, 1.82) is 0 Å². The van der Waals surface area contributed by atoms with E-state index in [2.05, 4.69) is 5.32 Å². The predicted octanol–water partition coefficient (Wildman–Crippen LogP) is 4.91. The van der Waals surface area contributed by atoms with E-state index in [1.54, 1.807) is 50.6 Å². The molecule has 0 saturated heterocycles. The summed E-state index contributed by atoms with van der Waals surface area (Å²) in [5.74, 6) is 1.27. The van der Waals surface area contributed by atoms with Crippen LogP contribution in [0.2, 0.25) is 10.0 Å². The van der Waals surface area contributed by atoms with E-state index in [1.165, 1.54) is 13.2 Å². The Morgan fingerprint density at radius 3 is 2.22 bits per heavy atom. The third-order valence-electron chi connectivity index (χ3n) is 3.92. The molecule has 0 aliphatic heterocycles. The fourth-order valence-corrected chi connectivity index (χ4v) is 2.87. The summed E-state index contributed by atoms with van der Waals surface area (Å²) < 4.78 is 16.0. The second-order valence-corrected chi connectivity index (χ2v) is 6.53. The van der Waals surface area contributed by atoms with Crippen molar-refractivity contribution >= 4 is 35.2 Å². The van der Waals surface area contributed by atoms with Gasteiger partial charge < -0.3 is 19.5 Å². The molecule has 0 fully saturated rings. The summed E-state index contributed by atoms with van der Waals surface area (Å²) in [4.78, 5) is 12.3. The highest BCUT2D eigenvalue weighted by Crippen LogP contribution is 2.39. The van der Waals surface area contributed by atoms with Crippen LogP contribution < -0.4 is 19.5 Å². The zero-order valence-corrected chi connectivity index (χ0v) is 17.0. The number of methoxy groups -OCH3 is 3. The minimum atomic E-state index is -0.286. The molecule has 5 nitrogen and oxygen atoms in total. The SMILES string of the molecule is COc1cc(C(C)NC(=O)C=Cc2cc(Cl)ccc2Cl)cc(OC)c1OC. The molecule has 1 N–H and O–H groups in total. The van der Waals surface area contributed by atoms with E-state index in [0.29, 0.717) is 32.9 Å². The molecule has 1 unspecified atom stereocenters. The highest BCUT2D eigenvalue weighted by molar-refractivity contribution is 6.34. The molecule has 7 heteroatoms. The summed E-state index contributed by atoms with van der Waals surface area (Å²) in [7, 11) is 4.63. The van der Waals surface area contributed by atoms with Crippen LogP contribution in [-0.2, 0) is 4.79 Å². The number of halogens is 2. The maximum absolute atomic E-state index is 12.3. The van der Waals surface area contributed by atoms with Crippen LogP contribution in [0.3, 0.4) is 0 Å². The molecule has 0 aliphatic carbocycles. The summed E-state index contributed by atoms with van der Waals surface area (Å²) >= 11 is 12.0. The minimum absolute atomic E-state index is 0.271. The standard InChI is InChI=1S/C20H21Cl2NO4/c1-12(14-10-17(25-2)20(27-4)18(11-14)26-3)23-19(24)8-5-13-9-15(21)6-7-16(13)22/h5-12H,1-4H3,(H,23,24). The number of hydrogen-bond donors (Lipinski definition) is 1. The Labute approximate surface area is 168 Å². The maximum atomic E-state index is 12.3. The van der Waals surface area contributed by atoms with Crippen LogP contribution in [0.5, 0.6) is 17.2 Å². The number of hydrogen-bond acceptors (Lipinski definition) is 4. The van der Waals surface area contributed by atoms with Crippen LogP contribution >= 0.6 is 23.2 Å². The average Bonchev–Trinajstić information content (AvgIpc) is 2.67. The molecular formula is C20H21Cl2NO4. The number of carbonyl (C=O) groups excluding carboxylic acids is 1. The molecule has 0 bridgehead atoms. The lowest BCUT2D eigenvalue weighted by Crippen LogP contribution is -2.24. The van der Waals surface area contributed by atoms with Crippen LogP contribution in [0.25, 0.3) is 6.08 Å². The second-order valence-electron chi connectivity index (χ2n) is 5.69. The van der Waals surface area contributed by atoms with Crippen LogP contribution in [0, 0.1) is 0 Å². The third-order valence-corrected chi connectivity index (χ3v) is 4.50. The molecular weight excluding hydrogens is 389 g/mol. The summed E-state index contributed by atoms with van der Waals surface area (Å²) in [6.45, 7) is 1.86. The lowest BCUT2D eigenvalue weighted by molar-refractivity contribution is -0.117. The van der Waals surface area contributed by atoms with Gasteiger partial charge in [0.25, 0.3) is 0 Å². The van der Waals surface area contributed by atoms with Gasteiger partial charge >= 0.3 is 0 Å². The normalized spacial score (nSPS) is 11.9. The maximum Gasteiger partial charge on any atom is 0.244 e. The van der Waals surface area contributed by atoms with Crippen molar-refractivity contribution < 1.29 is 19.0 Å². The van der Waals surface area contributed by atoms with E-state index in [9.17, 15) is 4.79 Å². The number of nitrogens with one attached hydrogen (secondary N) is 1. The van der Waals surface area contributed by atoms with E-state index in [4.69, 9.17) is 37.4 Å². The molecule has 0 radical (unpaired) electrons. The van der Waals surface area contributed by atoms with E-state index in [-0.39, 0.29) is 11.9 Å². The van der Waals surface area contributed by atoms with Crippen molar-refractivity contribution in [3.8, 4) is 17.2 Å². The zero-order chi connectivity index (χ0) is 20.0. The quantitative estimate of drug-likeness (QED) is 0.659. The average molecular weight is 410 g/mol. The molecule has 1 atom stereocenters. The van der Waals surface area contributed by atoms with E-state index in [0.717, 1.165) is 5.56 Å². The molecule has 27 heavy (non-hydrogen) atoms. The van der Waals surface area contributed by atoms with Gasteiger partial charge in [0.15, 0.2) is 11.5 Å². The molecule has 2 rings (SSSR count). The van der Waals surface area contributed by atoms with Crippen LogP contribution in [0.1, 0.15) is 24.1 Å². The molecule has 0 aliphatic rings. The fraction of sp³-hybridized carbons (Fsp3) is 0.250. The molecule has 2 aromatic rings. The molecule has 144 valence electrons. The Balaban J connectivity index is 2.16. The number of amides is 1. The summed E-state index contributed by atoms with van der Waals surface area (Å²) in [6, 6.07) is 8.36. The highest BCUT2D eigenvalue weighted by atomic mass is 35.5. The Bertz CT molecular complexity index is 827. The van der Waals surface area contributed by atoms with E-state index in [1.807, 2.05) is 6.92 Å². The van der Waals surface area contributed by atoms with Crippen molar-refractivity contribution in [2.45, 2.75) is 13.0 Å². The van der Waals surface area contributed by atoms with Gasteiger partial charge in [-0.3, -0.25) is 4.79 Å². The third kappa shape index (κ3) is 5.31. The first-order valence-corrected chi connectivity index (χ1v) is 8.88. The molecule has 0 heterocycles. The summed E-state index contributed by atoms with van der Waals surface area (Å²) in [5.41, 5.74) is 1.48. The van der Waals surface area contributed by atoms with Crippen molar-refractivity contribution in [2.24, 2.45) is 0 Å². The topological polar surface area (TPSA) is 56.8 Å². The minimum Gasteiger partial charge on any atom is -0.493 e. The number of benzene rings is 2. The van der Waals surface area contributed by atoms with Crippen molar-refractivity contribution in [3.05, 3.63) is 57.6 Å². The van der Waals surface area contributed by atoms with Gasteiger partial charge in [-0.1, -0.05) is 23.2 Å². The Morgan fingerprint density at radius 1 is 1.04 bits per heavy atom. The van der Waals surface area contributed by atoms with Gasteiger partial charge in [0.1, 0.15) is 0 Å². The van der Waals surface area contributed by atoms with Crippen molar-refractivity contribution in [1.82, 2.24) is 5.32 Å². The van der Waals surface area contributed by atoms with Gasteiger partial charge in [-0.25, -0.2) is 0 Å². The fourth-order valence-electron chi connectivity index (χ4n) is 2.50. The van der Waals surface area contributed by atoms with Crippen LogP contribution in [-0.4, -0.2) is 27.2 Å². The van der Waals surface area contributed by atoms with Gasteiger partial charge in [-0.05, 0) is 54.5 Å². The van der Waals surface area contributed by atoms with Gasteiger partial charge in [-0.2, -0.15) is 0 Å². The summed E-state index contributed by atoms with van der Waals surface area (Å²) in [5, 5.41) is 3.95. The van der Waals surface area contributed by atoms with Gasteiger partial charge in [0.2, 0.25) is 11.7 Å². The predicted molar refractivity (Wildman–Crippen MR) is 108 cm³/mol. The van der Waals surface area contributed by atoms with Gasteiger partial charge in [0, 0.05) is 16.1 Å². The first-order chi connectivity index (χ1) is 12.9. The molecule has 0 aromatic heterocycles. The smallest absolute Gasteiger partial charge is 0.244 e. The number of ether oxygens (including phenoxy) is 3. The molecule has 0 saturated carbocycles. The number of carbonyl (C=O) groups is 1. The largest absolute Gasteiger partial charge is 0.493 e. The first kappa shape index (κ1) is 20.9. The number of rotatable bonds is 7. The van der Waals surface area contributed by atoms with Crippen molar-refractivity contribution in [2.75, 3.05) is 21.3 Å². The first-order valence-electron chi connectivity index (χ1n) is 8.13. The Morgan fingerprint density at radius 2 is 1.67 bits per heavy atom. The van der Waals surface area contributed by atoms with Crippen LogP contribution in [0.4, 0.5) is 0 Å².